The number of unbranched alkanes of at least 4 members (excludes halogenated alkanes) is 5. The maximum absolute atomic E-state index is 13.6. The Bertz CT molecular complexity index is 879. The van der Waals surface area contributed by atoms with Gasteiger partial charge in [0, 0.05) is 18.3 Å². The minimum Gasteiger partial charge on any atom is -0.459 e. The zero-order chi connectivity index (χ0) is 24.9. The average Bonchev–Trinajstić information content (AvgIpc) is 3.65. The SMILES string of the molecule is CNCCCCCCCC[N+](C)(C)[C@H]1CC2CC[C@@H]1C2OC(=O)C(O)(c1cccs1)c1cccs1. The molecular weight excluding hydrogens is 476 g/mol. The number of carbonyl (C=O) groups excluding carboxylic acids is 1. The molecule has 0 radical (unpaired) electrons. The lowest BCUT2D eigenvalue weighted by molar-refractivity contribution is -0.918. The maximum Gasteiger partial charge on any atom is 0.349 e. The summed E-state index contributed by atoms with van der Waals surface area (Å²) in [6.07, 6.45) is 11.1. The van der Waals surface area contributed by atoms with Crippen molar-refractivity contribution in [1.82, 2.24) is 5.32 Å². The first-order chi connectivity index (χ1) is 16.9. The number of hydrogen-bond donors (Lipinski definition) is 2. The summed E-state index contributed by atoms with van der Waals surface area (Å²) in [7, 11) is 6.75. The van der Waals surface area contributed by atoms with Crippen LogP contribution in [-0.4, -0.2) is 61.9 Å². The number of fused-ring (bicyclic) bond motifs is 2. The highest BCUT2D eigenvalue weighted by molar-refractivity contribution is 7.12. The van der Waals surface area contributed by atoms with Crippen molar-refractivity contribution in [2.75, 3.05) is 34.2 Å². The molecule has 2 heterocycles. The van der Waals surface area contributed by atoms with Crippen LogP contribution in [0.5, 0.6) is 0 Å². The molecule has 0 amide bonds. The Morgan fingerprint density at radius 1 is 1.06 bits per heavy atom. The second-order valence-corrected chi connectivity index (χ2v) is 13.0. The van der Waals surface area contributed by atoms with Crippen molar-refractivity contribution >= 4 is 28.6 Å². The van der Waals surface area contributed by atoms with Crippen LogP contribution in [0.3, 0.4) is 0 Å². The zero-order valence-corrected chi connectivity index (χ0v) is 23.2. The summed E-state index contributed by atoms with van der Waals surface area (Å²) in [6, 6.07) is 7.95. The smallest absolute Gasteiger partial charge is 0.349 e. The molecule has 4 atom stereocenters. The molecule has 2 aliphatic carbocycles. The topological polar surface area (TPSA) is 58.6 Å². The van der Waals surface area contributed by atoms with Gasteiger partial charge in [-0.2, -0.15) is 0 Å². The van der Waals surface area contributed by atoms with Gasteiger partial charge in [0.15, 0.2) is 0 Å². The normalized spacial score (nSPS) is 24.2. The van der Waals surface area contributed by atoms with Crippen molar-refractivity contribution in [3.05, 3.63) is 44.8 Å². The van der Waals surface area contributed by atoms with Gasteiger partial charge in [0.05, 0.1) is 36.4 Å². The predicted molar refractivity (Wildman–Crippen MR) is 145 cm³/mol. The molecule has 0 saturated heterocycles. The van der Waals surface area contributed by atoms with Crippen molar-refractivity contribution in [2.24, 2.45) is 11.8 Å². The van der Waals surface area contributed by atoms with Crippen molar-refractivity contribution in [1.29, 1.82) is 0 Å². The number of carbonyl (C=O) groups is 1. The summed E-state index contributed by atoms with van der Waals surface area (Å²) in [4.78, 5) is 14.8. The lowest BCUT2D eigenvalue weighted by Gasteiger charge is -2.40. The second-order valence-electron chi connectivity index (χ2n) is 11.1. The maximum atomic E-state index is 13.6. The van der Waals surface area contributed by atoms with Crippen LogP contribution in [-0.2, 0) is 15.1 Å². The summed E-state index contributed by atoms with van der Waals surface area (Å²) < 4.78 is 7.24. The monoisotopic (exact) mass is 519 g/mol. The molecule has 7 heteroatoms. The Labute approximate surface area is 219 Å². The van der Waals surface area contributed by atoms with Gasteiger partial charge in [-0.05, 0) is 68.6 Å². The Hall–Kier alpha value is -1.25. The first kappa shape index (κ1) is 26.8. The van der Waals surface area contributed by atoms with Crippen LogP contribution >= 0.6 is 22.7 Å². The van der Waals surface area contributed by atoms with E-state index >= 15 is 0 Å². The second kappa shape index (κ2) is 11.9. The number of quaternary nitrogens is 1. The molecule has 2 fully saturated rings. The molecule has 0 aromatic carbocycles. The molecule has 2 aromatic rings. The van der Waals surface area contributed by atoms with Crippen molar-refractivity contribution < 1.29 is 19.1 Å². The standard InChI is InChI=1S/C28H43N2O3S2/c1-29-16-8-6-4-5-7-9-17-30(2,3)23-20-21-14-15-22(23)26(21)33-27(31)28(32,24-12-10-18-34-24)25-13-11-19-35-25/h10-13,18-19,21-23,26,29,32H,4-9,14-17,20H2,1-3H3/q+1/t21?,22-,23-,26?/m0/s1. The van der Waals surface area contributed by atoms with Crippen LogP contribution in [0.1, 0.15) is 67.5 Å². The van der Waals surface area contributed by atoms with Gasteiger partial charge in [-0.3, -0.25) is 0 Å². The lowest BCUT2D eigenvalue weighted by Crippen LogP contribution is -2.52. The fourth-order valence-electron chi connectivity index (χ4n) is 6.41. The molecule has 2 aliphatic rings. The molecule has 2 aromatic heterocycles. The molecule has 2 N–H and O–H groups in total. The van der Waals surface area contributed by atoms with Gasteiger partial charge in [0.25, 0.3) is 0 Å². The molecule has 35 heavy (non-hydrogen) atoms. The van der Waals surface area contributed by atoms with Gasteiger partial charge in [0.1, 0.15) is 6.10 Å². The molecule has 5 nitrogen and oxygen atoms in total. The minimum absolute atomic E-state index is 0.0801. The molecule has 0 spiro atoms. The largest absolute Gasteiger partial charge is 0.459 e. The van der Waals surface area contributed by atoms with Gasteiger partial charge in [0.2, 0.25) is 5.60 Å². The Morgan fingerprint density at radius 3 is 2.29 bits per heavy atom. The Kier molecular flexibility index (Phi) is 9.09. The fraction of sp³-hybridized carbons (Fsp3) is 0.679. The predicted octanol–water partition coefficient (Wildman–Crippen LogP) is 5.39. The van der Waals surface area contributed by atoms with Crippen molar-refractivity contribution in [3.63, 3.8) is 0 Å². The molecule has 194 valence electrons. The van der Waals surface area contributed by atoms with Gasteiger partial charge < -0.3 is 19.6 Å². The Morgan fingerprint density at radius 2 is 1.69 bits per heavy atom. The zero-order valence-electron chi connectivity index (χ0n) is 21.6. The van der Waals surface area contributed by atoms with Crippen LogP contribution in [0.25, 0.3) is 0 Å². The van der Waals surface area contributed by atoms with E-state index in [1.54, 1.807) is 0 Å². The van der Waals surface area contributed by atoms with Gasteiger partial charge in [-0.1, -0.05) is 31.4 Å². The van der Waals surface area contributed by atoms with Crippen LogP contribution in [0, 0.1) is 11.8 Å². The number of aliphatic hydroxyl groups is 1. The van der Waals surface area contributed by atoms with Crippen molar-refractivity contribution in [2.45, 2.75) is 75.5 Å². The van der Waals surface area contributed by atoms with Crippen LogP contribution in [0.2, 0.25) is 0 Å². The van der Waals surface area contributed by atoms with E-state index in [2.05, 4.69) is 19.4 Å². The number of ether oxygens (including phenoxy) is 1. The number of esters is 1. The van der Waals surface area contributed by atoms with Crippen LogP contribution < -0.4 is 5.32 Å². The van der Waals surface area contributed by atoms with E-state index in [0.29, 0.717) is 27.6 Å². The first-order valence-electron chi connectivity index (χ1n) is 13.4. The van der Waals surface area contributed by atoms with Gasteiger partial charge in [-0.25, -0.2) is 4.79 Å². The molecule has 2 bridgehead atoms. The highest BCUT2D eigenvalue weighted by Gasteiger charge is 2.57. The number of hydrogen-bond acceptors (Lipinski definition) is 6. The summed E-state index contributed by atoms with van der Waals surface area (Å²) in [5.41, 5.74) is -1.71. The molecule has 2 unspecified atom stereocenters. The first-order valence-corrected chi connectivity index (χ1v) is 15.1. The van der Waals surface area contributed by atoms with E-state index in [9.17, 15) is 9.90 Å². The third-order valence-electron chi connectivity index (χ3n) is 8.40. The van der Waals surface area contributed by atoms with Gasteiger partial charge >= 0.3 is 5.97 Å². The van der Waals surface area contributed by atoms with Crippen molar-refractivity contribution in [3.8, 4) is 0 Å². The highest BCUT2D eigenvalue weighted by Crippen LogP contribution is 2.51. The summed E-state index contributed by atoms with van der Waals surface area (Å²) in [6.45, 7) is 2.30. The third-order valence-corrected chi connectivity index (χ3v) is 10.4. The Balaban J connectivity index is 1.34. The number of nitrogens with zero attached hydrogens (tertiary/aromatic N) is 1. The highest BCUT2D eigenvalue weighted by atomic mass is 32.1. The number of rotatable bonds is 14. The third kappa shape index (κ3) is 5.85. The van der Waals surface area contributed by atoms with E-state index < -0.39 is 11.6 Å². The summed E-state index contributed by atoms with van der Waals surface area (Å²) in [5, 5.41) is 18.7. The lowest BCUT2D eigenvalue weighted by atomic mass is 9.92. The van der Waals surface area contributed by atoms with Gasteiger partial charge in [-0.15, -0.1) is 22.7 Å². The molecule has 2 saturated carbocycles. The van der Waals surface area contributed by atoms with Crippen LogP contribution in [0.15, 0.2) is 35.0 Å². The minimum atomic E-state index is -1.71. The molecule has 0 aliphatic heterocycles. The summed E-state index contributed by atoms with van der Waals surface area (Å²) in [5.74, 6) is 0.291. The number of thiophene rings is 2. The molecular formula is C28H43N2O3S2+. The van der Waals surface area contributed by atoms with Crippen LogP contribution in [0.4, 0.5) is 0 Å². The number of nitrogens with one attached hydrogen (secondary N) is 1. The fourth-order valence-corrected chi connectivity index (χ4v) is 8.13. The quantitative estimate of drug-likeness (QED) is 0.200. The van der Waals surface area contributed by atoms with E-state index in [1.165, 1.54) is 67.7 Å². The average molecular weight is 520 g/mol. The molecule has 4 rings (SSSR count). The van der Waals surface area contributed by atoms with E-state index in [4.69, 9.17) is 4.74 Å². The summed E-state index contributed by atoms with van der Waals surface area (Å²) >= 11 is 2.81. The van der Waals surface area contributed by atoms with E-state index in [0.717, 1.165) is 30.3 Å². The van der Waals surface area contributed by atoms with E-state index in [-0.39, 0.29) is 6.10 Å². The van der Waals surface area contributed by atoms with E-state index in [1.807, 2.05) is 42.1 Å².